The van der Waals surface area contributed by atoms with Crippen molar-refractivity contribution in [1.29, 1.82) is 0 Å². The molecule has 0 aliphatic heterocycles. The number of ether oxygens (including phenoxy) is 1. The fourth-order valence-electron chi connectivity index (χ4n) is 1.30. The maximum absolute atomic E-state index is 10.0. The molecule has 0 bridgehead atoms. The van der Waals surface area contributed by atoms with Crippen LogP contribution in [0.5, 0.6) is 5.88 Å². The molecule has 1 heterocycles. The van der Waals surface area contributed by atoms with E-state index in [0.29, 0.717) is 12.3 Å². The summed E-state index contributed by atoms with van der Waals surface area (Å²) in [6.45, 7) is 9.91. The van der Waals surface area contributed by atoms with Crippen molar-refractivity contribution in [1.82, 2.24) is 9.97 Å². The van der Waals surface area contributed by atoms with Gasteiger partial charge in [0.2, 0.25) is 5.88 Å². The Morgan fingerprint density at radius 3 is 2.47 bits per heavy atom. The number of nitrogens with zero attached hydrogens (tertiary/aromatic N) is 2. The zero-order chi connectivity index (χ0) is 13.1. The van der Waals surface area contributed by atoms with Gasteiger partial charge in [-0.25, -0.2) is 9.97 Å². The second-order valence-corrected chi connectivity index (χ2v) is 5.60. The highest BCUT2D eigenvalue weighted by Gasteiger charge is 2.22. The van der Waals surface area contributed by atoms with Crippen LogP contribution in [0.1, 0.15) is 40.3 Å². The van der Waals surface area contributed by atoms with E-state index in [-0.39, 0.29) is 11.5 Å². The molecule has 1 N–H and O–H groups in total. The predicted molar refractivity (Wildman–Crippen MR) is 67.0 cm³/mol. The van der Waals surface area contributed by atoms with Crippen LogP contribution >= 0.6 is 0 Å². The molecule has 0 aliphatic carbocycles. The molecule has 0 fully saturated rings. The normalized spacial score (nSPS) is 13.8. The SMILES string of the molecule is CC(C)Oc1cc(CC(O)C(C)(C)C)ncn1. The molecule has 4 nitrogen and oxygen atoms in total. The minimum absolute atomic E-state index is 0.0882. The van der Waals surface area contributed by atoms with Gasteiger partial charge < -0.3 is 9.84 Å². The molecule has 0 spiro atoms. The van der Waals surface area contributed by atoms with Crippen LogP contribution < -0.4 is 4.74 Å². The average Bonchev–Trinajstić information content (AvgIpc) is 2.15. The summed E-state index contributed by atoms with van der Waals surface area (Å²) in [5.74, 6) is 0.561. The first-order valence-corrected chi connectivity index (χ1v) is 5.94. The summed E-state index contributed by atoms with van der Waals surface area (Å²) in [5.41, 5.74) is 0.655. The molecule has 0 saturated heterocycles. The zero-order valence-corrected chi connectivity index (χ0v) is 11.3. The monoisotopic (exact) mass is 238 g/mol. The third kappa shape index (κ3) is 4.69. The molecule has 17 heavy (non-hydrogen) atoms. The Morgan fingerprint density at radius 2 is 1.94 bits per heavy atom. The quantitative estimate of drug-likeness (QED) is 0.873. The van der Waals surface area contributed by atoms with Gasteiger partial charge in [-0.1, -0.05) is 20.8 Å². The molecule has 0 amide bonds. The van der Waals surface area contributed by atoms with Crippen molar-refractivity contribution >= 4 is 0 Å². The Kier molecular flexibility index (Phi) is 4.46. The molecular weight excluding hydrogens is 216 g/mol. The Bertz CT molecular complexity index is 359. The lowest BCUT2D eigenvalue weighted by Crippen LogP contribution is -2.28. The summed E-state index contributed by atoms with van der Waals surface area (Å²) in [5, 5.41) is 10.0. The summed E-state index contributed by atoms with van der Waals surface area (Å²) >= 11 is 0. The minimum atomic E-state index is -0.427. The highest BCUT2D eigenvalue weighted by molar-refractivity contribution is 5.14. The molecular formula is C13H22N2O2. The second-order valence-electron chi connectivity index (χ2n) is 5.60. The number of hydrogen-bond acceptors (Lipinski definition) is 4. The minimum Gasteiger partial charge on any atom is -0.475 e. The maximum atomic E-state index is 10.0. The van der Waals surface area contributed by atoms with Gasteiger partial charge in [0.1, 0.15) is 6.33 Å². The van der Waals surface area contributed by atoms with Crippen LogP contribution in [0, 0.1) is 5.41 Å². The van der Waals surface area contributed by atoms with Gasteiger partial charge in [-0.2, -0.15) is 0 Å². The molecule has 0 aliphatic rings. The van der Waals surface area contributed by atoms with Crippen molar-refractivity contribution in [3.63, 3.8) is 0 Å². The highest BCUT2D eigenvalue weighted by atomic mass is 16.5. The van der Waals surface area contributed by atoms with Crippen molar-refractivity contribution in [2.24, 2.45) is 5.41 Å². The maximum Gasteiger partial charge on any atom is 0.216 e. The van der Waals surface area contributed by atoms with Crippen LogP contribution in [0.3, 0.4) is 0 Å². The van der Waals surface area contributed by atoms with E-state index >= 15 is 0 Å². The Balaban J connectivity index is 2.72. The van der Waals surface area contributed by atoms with Crippen molar-refractivity contribution < 1.29 is 9.84 Å². The Hall–Kier alpha value is -1.16. The molecule has 1 aromatic rings. The topological polar surface area (TPSA) is 55.2 Å². The van der Waals surface area contributed by atoms with Crippen LogP contribution in [-0.2, 0) is 6.42 Å². The number of aliphatic hydroxyl groups excluding tert-OH is 1. The molecule has 96 valence electrons. The van der Waals surface area contributed by atoms with Gasteiger partial charge in [0.15, 0.2) is 0 Å². The van der Waals surface area contributed by atoms with Crippen molar-refractivity contribution in [2.45, 2.75) is 53.2 Å². The van der Waals surface area contributed by atoms with Gasteiger partial charge in [-0.15, -0.1) is 0 Å². The summed E-state index contributed by atoms with van der Waals surface area (Å²) in [4.78, 5) is 8.18. The van der Waals surface area contributed by atoms with Crippen LogP contribution in [0.25, 0.3) is 0 Å². The lowest BCUT2D eigenvalue weighted by atomic mass is 9.86. The van der Waals surface area contributed by atoms with Gasteiger partial charge in [0, 0.05) is 12.5 Å². The molecule has 0 radical (unpaired) electrons. The van der Waals surface area contributed by atoms with Crippen LogP contribution in [0.15, 0.2) is 12.4 Å². The van der Waals surface area contributed by atoms with Crippen LogP contribution in [0.2, 0.25) is 0 Å². The molecule has 4 heteroatoms. The molecule has 1 aromatic heterocycles. The summed E-state index contributed by atoms with van der Waals surface area (Å²) in [7, 11) is 0. The van der Waals surface area contributed by atoms with Gasteiger partial charge in [-0.3, -0.25) is 0 Å². The first kappa shape index (κ1) is 13.9. The van der Waals surface area contributed by atoms with Gasteiger partial charge in [-0.05, 0) is 19.3 Å². The van der Waals surface area contributed by atoms with Crippen molar-refractivity contribution in [3.8, 4) is 5.88 Å². The number of hydrogen-bond donors (Lipinski definition) is 1. The van der Waals surface area contributed by atoms with E-state index in [0.717, 1.165) is 5.69 Å². The first-order valence-electron chi connectivity index (χ1n) is 5.94. The van der Waals surface area contributed by atoms with E-state index in [4.69, 9.17) is 4.74 Å². The summed E-state index contributed by atoms with van der Waals surface area (Å²) in [6, 6.07) is 1.79. The van der Waals surface area contributed by atoms with Crippen LogP contribution in [0.4, 0.5) is 0 Å². The van der Waals surface area contributed by atoms with Gasteiger partial charge in [0.25, 0.3) is 0 Å². The van der Waals surface area contributed by atoms with Gasteiger partial charge in [0.05, 0.1) is 17.9 Å². The fourth-order valence-corrected chi connectivity index (χ4v) is 1.30. The fraction of sp³-hybridized carbons (Fsp3) is 0.692. The first-order chi connectivity index (χ1) is 7.79. The molecule has 0 saturated carbocycles. The lowest BCUT2D eigenvalue weighted by molar-refractivity contribution is 0.0626. The highest BCUT2D eigenvalue weighted by Crippen LogP contribution is 2.22. The average molecular weight is 238 g/mol. The summed E-state index contributed by atoms with van der Waals surface area (Å²) in [6.07, 6.45) is 1.65. The molecule has 1 rings (SSSR count). The predicted octanol–water partition coefficient (Wildman–Crippen LogP) is 2.21. The van der Waals surface area contributed by atoms with E-state index in [1.165, 1.54) is 6.33 Å². The summed E-state index contributed by atoms with van der Waals surface area (Å²) < 4.78 is 5.49. The zero-order valence-electron chi connectivity index (χ0n) is 11.3. The van der Waals surface area contributed by atoms with E-state index in [2.05, 4.69) is 9.97 Å². The Labute approximate surface area is 103 Å². The molecule has 1 unspecified atom stereocenters. The standard InChI is InChI=1S/C13H22N2O2/c1-9(2)17-12-7-10(14-8-15-12)6-11(16)13(3,4)5/h7-9,11,16H,6H2,1-5H3. The third-order valence-electron chi connectivity index (χ3n) is 2.46. The van der Waals surface area contributed by atoms with E-state index < -0.39 is 6.10 Å². The second kappa shape index (κ2) is 5.45. The smallest absolute Gasteiger partial charge is 0.216 e. The van der Waals surface area contributed by atoms with Gasteiger partial charge >= 0.3 is 0 Å². The van der Waals surface area contributed by atoms with E-state index in [1.54, 1.807) is 6.07 Å². The molecule has 1 atom stereocenters. The number of rotatable bonds is 4. The number of aliphatic hydroxyl groups is 1. The largest absolute Gasteiger partial charge is 0.475 e. The Morgan fingerprint density at radius 1 is 1.29 bits per heavy atom. The van der Waals surface area contributed by atoms with Crippen molar-refractivity contribution in [2.75, 3.05) is 0 Å². The lowest BCUT2D eigenvalue weighted by Gasteiger charge is -2.25. The third-order valence-corrected chi connectivity index (χ3v) is 2.46. The van der Waals surface area contributed by atoms with Crippen molar-refractivity contribution in [3.05, 3.63) is 18.1 Å². The molecule has 0 aromatic carbocycles. The van der Waals surface area contributed by atoms with E-state index in [9.17, 15) is 5.11 Å². The van der Waals surface area contributed by atoms with Crippen LogP contribution in [-0.4, -0.2) is 27.3 Å². The van der Waals surface area contributed by atoms with E-state index in [1.807, 2.05) is 34.6 Å². The number of aromatic nitrogens is 2.